The van der Waals surface area contributed by atoms with Gasteiger partial charge in [0.05, 0.1) is 0 Å². The van der Waals surface area contributed by atoms with Crippen LogP contribution in [0.1, 0.15) is 20.8 Å². The molecule has 1 saturated carbocycles. The molecule has 1 nitrogen and oxygen atoms in total. The van der Waals surface area contributed by atoms with Crippen LogP contribution in [0.5, 0.6) is 0 Å². The van der Waals surface area contributed by atoms with Gasteiger partial charge in [0.25, 0.3) is 0 Å². The van der Waals surface area contributed by atoms with Crippen molar-refractivity contribution in [3.8, 4) is 0 Å². The lowest BCUT2D eigenvalue weighted by Gasteiger charge is -2.25. The summed E-state index contributed by atoms with van der Waals surface area (Å²) in [7, 11) is 0. The summed E-state index contributed by atoms with van der Waals surface area (Å²) in [5.74, 6) is 1.94. The molecule has 2 aliphatic rings. The molecule has 68 valence electrons. The Morgan fingerprint density at radius 1 is 1.42 bits per heavy atom. The van der Waals surface area contributed by atoms with Crippen molar-refractivity contribution in [3.05, 3.63) is 12.7 Å². The summed E-state index contributed by atoms with van der Waals surface area (Å²) in [6, 6.07) is 0.577. The Labute approximate surface area is 75.4 Å². The van der Waals surface area contributed by atoms with Gasteiger partial charge in [0.15, 0.2) is 0 Å². The highest BCUT2D eigenvalue weighted by molar-refractivity contribution is 5.12. The third-order valence-corrected chi connectivity index (χ3v) is 4.07. The van der Waals surface area contributed by atoms with Crippen molar-refractivity contribution in [2.24, 2.45) is 17.3 Å². The van der Waals surface area contributed by atoms with E-state index in [1.807, 2.05) is 0 Å². The summed E-state index contributed by atoms with van der Waals surface area (Å²) >= 11 is 0. The van der Waals surface area contributed by atoms with Crippen molar-refractivity contribution in [3.63, 3.8) is 0 Å². The first kappa shape index (κ1) is 8.31. The summed E-state index contributed by atoms with van der Waals surface area (Å²) in [6.07, 6.45) is 2.05. The molecule has 1 heteroatoms. The average molecular weight is 165 g/mol. The summed E-state index contributed by atoms with van der Waals surface area (Å²) in [5, 5.41) is 0. The first-order chi connectivity index (χ1) is 5.57. The van der Waals surface area contributed by atoms with Gasteiger partial charge < -0.3 is 0 Å². The molecule has 3 unspecified atom stereocenters. The molecule has 1 saturated heterocycles. The van der Waals surface area contributed by atoms with E-state index >= 15 is 0 Å². The van der Waals surface area contributed by atoms with E-state index in [1.165, 1.54) is 13.1 Å². The van der Waals surface area contributed by atoms with Gasteiger partial charge in [-0.15, -0.1) is 6.58 Å². The number of piperidine rings is 1. The van der Waals surface area contributed by atoms with Crippen LogP contribution in [0.15, 0.2) is 12.7 Å². The van der Waals surface area contributed by atoms with E-state index in [0.29, 0.717) is 11.5 Å². The number of fused-ring (bicyclic) bond motifs is 1. The molecular formula is C11H19N. The standard InChI is InChI=1S/C11H19N/c1-5-8(2)12-6-9-10(7-12)11(9,3)4/h5,8-10H,1,6-7H2,2-4H3. The van der Waals surface area contributed by atoms with E-state index in [2.05, 4.69) is 38.3 Å². The Kier molecular flexibility index (Phi) is 1.63. The molecule has 0 N–H and O–H groups in total. The minimum absolute atomic E-state index is 0.577. The van der Waals surface area contributed by atoms with Gasteiger partial charge in [0.1, 0.15) is 0 Å². The molecule has 3 atom stereocenters. The fraction of sp³-hybridized carbons (Fsp3) is 0.818. The zero-order valence-corrected chi connectivity index (χ0v) is 8.38. The lowest BCUT2D eigenvalue weighted by Crippen LogP contribution is -2.33. The molecule has 0 bridgehead atoms. The number of hydrogen-bond donors (Lipinski definition) is 0. The van der Waals surface area contributed by atoms with Gasteiger partial charge in [-0.05, 0) is 24.2 Å². The lowest BCUT2D eigenvalue weighted by atomic mass is 10.1. The van der Waals surface area contributed by atoms with E-state index in [1.54, 1.807) is 0 Å². The molecule has 12 heavy (non-hydrogen) atoms. The van der Waals surface area contributed by atoms with Crippen LogP contribution in [-0.2, 0) is 0 Å². The minimum Gasteiger partial charge on any atom is -0.297 e. The Bertz CT molecular complexity index is 193. The van der Waals surface area contributed by atoms with E-state index < -0.39 is 0 Å². The second-order valence-electron chi connectivity index (χ2n) is 4.96. The highest BCUT2D eigenvalue weighted by Crippen LogP contribution is 2.62. The van der Waals surface area contributed by atoms with Crippen LogP contribution in [0, 0.1) is 17.3 Å². The molecule has 0 aromatic heterocycles. The normalized spacial score (nSPS) is 40.6. The molecule has 2 fully saturated rings. The maximum atomic E-state index is 3.84. The quantitative estimate of drug-likeness (QED) is 0.567. The molecule has 1 aliphatic heterocycles. The maximum Gasteiger partial charge on any atom is 0.0247 e. The first-order valence-corrected chi connectivity index (χ1v) is 4.94. The Morgan fingerprint density at radius 2 is 1.92 bits per heavy atom. The minimum atomic E-state index is 0.577. The van der Waals surface area contributed by atoms with Gasteiger partial charge in [-0.25, -0.2) is 0 Å². The fourth-order valence-electron chi connectivity index (χ4n) is 2.64. The third-order valence-electron chi connectivity index (χ3n) is 4.07. The predicted octanol–water partition coefficient (Wildman–Crippen LogP) is 2.15. The summed E-state index contributed by atoms with van der Waals surface area (Å²) in [5.41, 5.74) is 0.650. The van der Waals surface area contributed by atoms with Crippen LogP contribution < -0.4 is 0 Å². The van der Waals surface area contributed by atoms with Crippen LogP contribution in [0.2, 0.25) is 0 Å². The van der Waals surface area contributed by atoms with Crippen LogP contribution >= 0.6 is 0 Å². The first-order valence-electron chi connectivity index (χ1n) is 4.94. The van der Waals surface area contributed by atoms with E-state index in [4.69, 9.17) is 0 Å². The zero-order valence-electron chi connectivity index (χ0n) is 8.38. The fourth-order valence-corrected chi connectivity index (χ4v) is 2.64. The highest BCUT2D eigenvalue weighted by atomic mass is 15.2. The predicted molar refractivity (Wildman–Crippen MR) is 52.0 cm³/mol. The Balaban J connectivity index is 1.94. The van der Waals surface area contributed by atoms with Crippen molar-refractivity contribution in [1.29, 1.82) is 0 Å². The molecule has 0 aromatic rings. The Hall–Kier alpha value is -0.300. The maximum absolute atomic E-state index is 3.84. The molecule has 0 radical (unpaired) electrons. The van der Waals surface area contributed by atoms with Crippen molar-refractivity contribution in [2.75, 3.05) is 13.1 Å². The molecule has 2 rings (SSSR count). The van der Waals surface area contributed by atoms with Crippen molar-refractivity contribution in [1.82, 2.24) is 4.90 Å². The van der Waals surface area contributed by atoms with Crippen molar-refractivity contribution >= 4 is 0 Å². The van der Waals surface area contributed by atoms with Crippen LogP contribution in [0.3, 0.4) is 0 Å². The van der Waals surface area contributed by atoms with Crippen molar-refractivity contribution < 1.29 is 0 Å². The second-order valence-corrected chi connectivity index (χ2v) is 4.96. The second kappa shape index (κ2) is 2.35. The van der Waals surface area contributed by atoms with Crippen LogP contribution in [0.4, 0.5) is 0 Å². The monoisotopic (exact) mass is 165 g/mol. The molecular weight excluding hydrogens is 146 g/mol. The number of hydrogen-bond acceptors (Lipinski definition) is 1. The molecule has 1 heterocycles. The SMILES string of the molecule is C=CC(C)N1CC2C(C1)C2(C)C. The highest BCUT2D eigenvalue weighted by Gasteiger charge is 2.61. The van der Waals surface area contributed by atoms with Gasteiger partial charge in [0, 0.05) is 19.1 Å². The summed E-state index contributed by atoms with van der Waals surface area (Å²) in [6.45, 7) is 13.5. The lowest BCUT2D eigenvalue weighted by molar-refractivity contribution is 0.231. The number of nitrogens with zero attached hydrogens (tertiary/aromatic N) is 1. The smallest absolute Gasteiger partial charge is 0.0247 e. The largest absolute Gasteiger partial charge is 0.297 e. The van der Waals surface area contributed by atoms with E-state index in [9.17, 15) is 0 Å². The van der Waals surface area contributed by atoms with Crippen LogP contribution in [-0.4, -0.2) is 24.0 Å². The molecule has 0 aromatic carbocycles. The van der Waals surface area contributed by atoms with Gasteiger partial charge in [-0.3, -0.25) is 4.90 Å². The van der Waals surface area contributed by atoms with Gasteiger partial charge >= 0.3 is 0 Å². The third kappa shape index (κ3) is 0.957. The van der Waals surface area contributed by atoms with Crippen molar-refractivity contribution in [2.45, 2.75) is 26.8 Å². The number of rotatable bonds is 2. The molecule has 0 spiro atoms. The summed E-state index contributed by atoms with van der Waals surface area (Å²) < 4.78 is 0. The van der Waals surface area contributed by atoms with Gasteiger partial charge in [-0.2, -0.15) is 0 Å². The molecule has 0 amide bonds. The van der Waals surface area contributed by atoms with Crippen LogP contribution in [0.25, 0.3) is 0 Å². The Morgan fingerprint density at radius 3 is 2.33 bits per heavy atom. The number of likely N-dealkylation sites (tertiary alicyclic amines) is 1. The van der Waals surface area contributed by atoms with Gasteiger partial charge in [-0.1, -0.05) is 19.9 Å². The average Bonchev–Trinajstić information content (AvgIpc) is 2.52. The molecule has 1 aliphatic carbocycles. The summed E-state index contributed by atoms with van der Waals surface area (Å²) in [4.78, 5) is 2.55. The van der Waals surface area contributed by atoms with E-state index in [0.717, 1.165) is 11.8 Å². The zero-order chi connectivity index (χ0) is 8.93. The van der Waals surface area contributed by atoms with E-state index in [-0.39, 0.29) is 0 Å². The topological polar surface area (TPSA) is 3.24 Å². The van der Waals surface area contributed by atoms with Gasteiger partial charge in [0.2, 0.25) is 0 Å².